The smallest absolute Gasteiger partial charge is 0.315 e. The first kappa shape index (κ1) is 18.9. The molecule has 23 heavy (non-hydrogen) atoms. The Morgan fingerprint density at radius 2 is 2.00 bits per heavy atom. The van der Waals surface area contributed by atoms with Crippen LogP contribution in [0, 0.1) is 16.0 Å². The van der Waals surface area contributed by atoms with Crippen LogP contribution >= 0.6 is 0 Å². The monoisotopic (exact) mass is 323 g/mol. The maximum absolute atomic E-state index is 11.8. The van der Waals surface area contributed by atoms with E-state index in [1.165, 1.54) is 6.07 Å². The summed E-state index contributed by atoms with van der Waals surface area (Å²) >= 11 is 0. The fourth-order valence-corrected chi connectivity index (χ4v) is 2.04. The minimum absolute atomic E-state index is 0.0308. The summed E-state index contributed by atoms with van der Waals surface area (Å²) in [6.45, 7) is 6.00. The molecule has 0 aromatic heterocycles. The zero-order valence-corrected chi connectivity index (χ0v) is 13.8. The number of carbonyl (C=O) groups excluding carboxylic acids is 1. The van der Waals surface area contributed by atoms with Crippen molar-refractivity contribution in [1.29, 1.82) is 0 Å². The molecule has 1 unspecified atom stereocenters. The molecule has 2 amide bonds. The molecule has 0 radical (unpaired) electrons. The number of rotatable bonds is 8. The number of urea groups is 1. The third-order valence-corrected chi connectivity index (χ3v) is 3.52. The van der Waals surface area contributed by atoms with Crippen LogP contribution in [-0.2, 0) is 6.54 Å². The molecule has 0 bridgehead atoms. The molecular weight excluding hydrogens is 298 g/mol. The van der Waals surface area contributed by atoms with Crippen molar-refractivity contribution >= 4 is 11.7 Å². The maximum atomic E-state index is 11.8. The number of hydrogen-bond donors (Lipinski definition) is 3. The molecular formula is C16H25N3O4. The minimum atomic E-state index is -0.972. The summed E-state index contributed by atoms with van der Waals surface area (Å²) in [6, 6.07) is 5.78. The third kappa shape index (κ3) is 7.10. The van der Waals surface area contributed by atoms with Crippen LogP contribution in [-0.4, -0.2) is 28.2 Å². The lowest BCUT2D eigenvalue weighted by atomic mass is 9.95. The average Bonchev–Trinajstić information content (AvgIpc) is 2.49. The van der Waals surface area contributed by atoms with Crippen molar-refractivity contribution in [2.24, 2.45) is 5.92 Å². The van der Waals surface area contributed by atoms with Crippen LogP contribution in [0.1, 0.15) is 39.2 Å². The van der Waals surface area contributed by atoms with Crippen molar-refractivity contribution < 1.29 is 14.8 Å². The number of nitro benzene ring substituents is 1. The van der Waals surface area contributed by atoms with Crippen LogP contribution in [0.3, 0.4) is 0 Å². The van der Waals surface area contributed by atoms with Crippen LogP contribution in [0.25, 0.3) is 0 Å². The lowest BCUT2D eigenvalue weighted by Crippen LogP contribution is -2.44. The number of amides is 2. The van der Waals surface area contributed by atoms with Gasteiger partial charge in [-0.1, -0.05) is 32.0 Å². The van der Waals surface area contributed by atoms with Gasteiger partial charge in [-0.2, -0.15) is 0 Å². The first-order valence-corrected chi connectivity index (χ1v) is 7.67. The Kier molecular flexibility index (Phi) is 6.96. The van der Waals surface area contributed by atoms with Gasteiger partial charge in [0, 0.05) is 18.2 Å². The van der Waals surface area contributed by atoms with Crippen molar-refractivity contribution in [1.82, 2.24) is 10.6 Å². The fourth-order valence-electron chi connectivity index (χ4n) is 2.04. The summed E-state index contributed by atoms with van der Waals surface area (Å²) in [7, 11) is 0. The second kappa shape index (κ2) is 8.47. The molecule has 0 spiro atoms. The van der Waals surface area contributed by atoms with E-state index in [1.807, 2.05) is 0 Å². The van der Waals surface area contributed by atoms with Crippen LogP contribution in [0.15, 0.2) is 24.3 Å². The Morgan fingerprint density at radius 1 is 1.35 bits per heavy atom. The number of carbonyl (C=O) groups is 1. The highest BCUT2D eigenvalue weighted by Crippen LogP contribution is 2.17. The molecule has 0 heterocycles. The van der Waals surface area contributed by atoms with Gasteiger partial charge in [0.15, 0.2) is 0 Å². The van der Waals surface area contributed by atoms with Crippen molar-refractivity contribution in [2.75, 3.05) is 6.54 Å². The Bertz CT molecular complexity index is 544. The molecule has 1 rings (SSSR count). The fraction of sp³-hybridized carbons (Fsp3) is 0.562. The standard InChI is InChI=1S/C16H25N3O4/c1-12(2)8-9-16(3,21)11-18-15(20)17-10-13-6-4-5-7-14(13)19(22)23/h4-7,12,21H,8-11H2,1-3H3,(H2,17,18,20). The largest absolute Gasteiger partial charge is 0.388 e. The van der Waals surface area contributed by atoms with E-state index < -0.39 is 16.6 Å². The minimum Gasteiger partial charge on any atom is -0.388 e. The summed E-state index contributed by atoms with van der Waals surface area (Å²) in [5.74, 6) is 0.480. The molecule has 0 saturated heterocycles. The first-order chi connectivity index (χ1) is 10.7. The second-order valence-electron chi connectivity index (χ2n) is 6.35. The summed E-state index contributed by atoms with van der Waals surface area (Å²) in [5, 5.41) is 26.2. The zero-order chi connectivity index (χ0) is 17.5. The number of para-hydroxylation sites is 1. The van der Waals surface area contributed by atoms with Gasteiger partial charge in [-0.25, -0.2) is 4.79 Å². The van der Waals surface area contributed by atoms with E-state index >= 15 is 0 Å². The molecule has 3 N–H and O–H groups in total. The predicted octanol–water partition coefficient (Wildman–Crippen LogP) is 2.58. The van der Waals surface area contributed by atoms with Gasteiger partial charge in [0.2, 0.25) is 0 Å². The van der Waals surface area contributed by atoms with Gasteiger partial charge in [-0.05, 0) is 25.7 Å². The Labute approximate surface area is 136 Å². The van der Waals surface area contributed by atoms with Gasteiger partial charge >= 0.3 is 6.03 Å². The summed E-state index contributed by atoms with van der Waals surface area (Å²) < 4.78 is 0. The zero-order valence-electron chi connectivity index (χ0n) is 13.8. The number of aliphatic hydroxyl groups is 1. The molecule has 128 valence electrons. The highest BCUT2D eigenvalue weighted by molar-refractivity contribution is 5.74. The molecule has 0 aliphatic rings. The quantitative estimate of drug-likeness (QED) is 0.505. The summed E-state index contributed by atoms with van der Waals surface area (Å²) in [5.41, 5.74) is -0.573. The lowest BCUT2D eigenvalue weighted by Gasteiger charge is -2.24. The van der Waals surface area contributed by atoms with E-state index in [0.29, 0.717) is 17.9 Å². The van der Waals surface area contributed by atoms with E-state index in [0.717, 1.165) is 6.42 Å². The molecule has 1 aromatic carbocycles. The van der Waals surface area contributed by atoms with Gasteiger partial charge in [0.25, 0.3) is 5.69 Å². The summed E-state index contributed by atoms with van der Waals surface area (Å²) in [4.78, 5) is 22.2. The van der Waals surface area contributed by atoms with Crippen molar-refractivity contribution in [3.63, 3.8) is 0 Å². The van der Waals surface area contributed by atoms with E-state index in [-0.39, 0.29) is 18.8 Å². The topological polar surface area (TPSA) is 104 Å². The number of nitrogens with one attached hydrogen (secondary N) is 2. The van der Waals surface area contributed by atoms with Crippen LogP contribution < -0.4 is 10.6 Å². The van der Waals surface area contributed by atoms with E-state index in [2.05, 4.69) is 24.5 Å². The Balaban J connectivity index is 2.45. The molecule has 0 aliphatic heterocycles. The number of nitro groups is 1. The lowest BCUT2D eigenvalue weighted by molar-refractivity contribution is -0.385. The van der Waals surface area contributed by atoms with Crippen LogP contribution in [0.2, 0.25) is 0 Å². The Hall–Kier alpha value is -2.15. The number of nitrogens with zero attached hydrogens (tertiary/aromatic N) is 1. The molecule has 1 aromatic rings. The highest BCUT2D eigenvalue weighted by Gasteiger charge is 2.21. The van der Waals surface area contributed by atoms with Gasteiger partial charge < -0.3 is 15.7 Å². The molecule has 0 saturated carbocycles. The normalized spacial score (nSPS) is 13.4. The highest BCUT2D eigenvalue weighted by atomic mass is 16.6. The van der Waals surface area contributed by atoms with E-state index in [4.69, 9.17) is 0 Å². The van der Waals surface area contributed by atoms with Crippen molar-refractivity contribution in [2.45, 2.75) is 45.8 Å². The van der Waals surface area contributed by atoms with Crippen molar-refractivity contribution in [3.8, 4) is 0 Å². The van der Waals surface area contributed by atoms with E-state index in [9.17, 15) is 20.0 Å². The molecule has 7 heteroatoms. The Morgan fingerprint density at radius 3 is 2.61 bits per heavy atom. The first-order valence-electron chi connectivity index (χ1n) is 7.67. The van der Waals surface area contributed by atoms with Gasteiger partial charge in [-0.3, -0.25) is 10.1 Å². The average molecular weight is 323 g/mol. The molecule has 1 atom stereocenters. The maximum Gasteiger partial charge on any atom is 0.315 e. The molecule has 7 nitrogen and oxygen atoms in total. The van der Waals surface area contributed by atoms with E-state index in [1.54, 1.807) is 25.1 Å². The third-order valence-electron chi connectivity index (χ3n) is 3.52. The van der Waals surface area contributed by atoms with Crippen LogP contribution in [0.4, 0.5) is 10.5 Å². The second-order valence-corrected chi connectivity index (χ2v) is 6.35. The molecule has 0 fully saturated rings. The number of benzene rings is 1. The van der Waals surface area contributed by atoms with Gasteiger partial charge in [-0.15, -0.1) is 0 Å². The number of hydrogen-bond acceptors (Lipinski definition) is 4. The van der Waals surface area contributed by atoms with Gasteiger partial charge in [0.1, 0.15) is 0 Å². The summed E-state index contributed by atoms with van der Waals surface area (Å²) in [6.07, 6.45) is 1.46. The SMILES string of the molecule is CC(C)CCC(C)(O)CNC(=O)NCc1ccccc1[N+](=O)[O-]. The van der Waals surface area contributed by atoms with Gasteiger partial charge in [0.05, 0.1) is 17.1 Å². The van der Waals surface area contributed by atoms with Crippen molar-refractivity contribution in [3.05, 3.63) is 39.9 Å². The molecule has 0 aliphatic carbocycles. The van der Waals surface area contributed by atoms with Crippen LogP contribution in [0.5, 0.6) is 0 Å². The predicted molar refractivity (Wildman–Crippen MR) is 88.0 cm³/mol.